The number of hydrogen-bond donors (Lipinski definition) is 0. The van der Waals surface area contributed by atoms with Crippen molar-refractivity contribution in [3.05, 3.63) is 58.0 Å². The largest absolute Gasteiger partial charge is 0.339 e. The lowest BCUT2D eigenvalue weighted by Gasteiger charge is -2.35. The summed E-state index contributed by atoms with van der Waals surface area (Å²) in [5.41, 5.74) is 0.770. The number of benzene rings is 1. The van der Waals surface area contributed by atoms with Crippen molar-refractivity contribution in [2.75, 3.05) is 26.2 Å². The molecular weight excluding hydrogens is 367 g/mol. The number of carbonyl (C=O) groups is 3. The van der Waals surface area contributed by atoms with Gasteiger partial charge in [-0.15, -0.1) is 11.3 Å². The van der Waals surface area contributed by atoms with Gasteiger partial charge in [0.2, 0.25) is 11.8 Å². The fourth-order valence-corrected chi connectivity index (χ4v) is 3.73. The van der Waals surface area contributed by atoms with Gasteiger partial charge in [0, 0.05) is 39.0 Å². The SMILES string of the molecule is O=C(CCC(=O)N1CCN(C(=O)Cc2ccc(F)cc2)CC1)c1cccs1. The molecule has 0 atom stereocenters. The lowest BCUT2D eigenvalue weighted by atomic mass is 10.1. The molecule has 0 N–H and O–H groups in total. The van der Waals surface area contributed by atoms with Crippen molar-refractivity contribution < 1.29 is 18.8 Å². The predicted octanol–water partition coefficient (Wildman–Crippen LogP) is 2.76. The molecule has 2 amide bonds. The Morgan fingerprint density at radius 3 is 2.11 bits per heavy atom. The van der Waals surface area contributed by atoms with Crippen LogP contribution in [0.5, 0.6) is 0 Å². The van der Waals surface area contributed by atoms with Gasteiger partial charge < -0.3 is 9.80 Å². The molecule has 27 heavy (non-hydrogen) atoms. The maximum atomic E-state index is 12.9. The summed E-state index contributed by atoms with van der Waals surface area (Å²) in [7, 11) is 0. The summed E-state index contributed by atoms with van der Waals surface area (Å²) in [6, 6.07) is 9.49. The Kier molecular flexibility index (Phi) is 6.34. The van der Waals surface area contributed by atoms with Gasteiger partial charge in [-0.2, -0.15) is 0 Å². The molecule has 0 bridgehead atoms. The monoisotopic (exact) mass is 388 g/mol. The highest BCUT2D eigenvalue weighted by atomic mass is 32.1. The van der Waals surface area contributed by atoms with Gasteiger partial charge in [0.1, 0.15) is 5.82 Å². The Bertz CT molecular complexity index is 797. The molecule has 142 valence electrons. The lowest BCUT2D eigenvalue weighted by Crippen LogP contribution is -2.51. The van der Waals surface area contributed by atoms with E-state index >= 15 is 0 Å². The second-order valence-corrected chi connectivity index (χ2v) is 7.41. The van der Waals surface area contributed by atoms with E-state index in [9.17, 15) is 18.8 Å². The smallest absolute Gasteiger partial charge is 0.227 e. The number of nitrogens with zero attached hydrogens (tertiary/aromatic N) is 2. The molecule has 0 unspecified atom stereocenters. The number of piperazine rings is 1. The highest BCUT2D eigenvalue weighted by Crippen LogP contribution is 2.14. The number of halogens is 1. The molecule has 3 rings (SSSR count). The van der Waals surface area contributed by atoms with Crippen LogP contribution in [-0.2, 0) is 16.0 Å². The number of hydrogen-bond acceptors (Lipinski definition) is 4. The standard InChI is InChI=1S/C20H21FN2O3S/c21-16-5-3-15(4-6-16)14-20(26)23-11-9-22(10-12-23)19(25)8-7-17(24)18-2-1-13-27-18/h1-6,13H,7-12,14H2. The molecule has 0 radical (unpaired) electrons. The summed E-state index contributed by atoms with van der Waals surface area (Å²) < 4.78 is 12.9. The molecule has 1 aliphatic rings. The average molecular weight is 388 g/mol. The molecule has 7 heteroatoms. The van der Waals surface area contributed by atoms with E-state index in [0.29, 0.717) is 31.1 Å². The van der Waals surface area contributed by atoms with Crippen LogP contribution in [0.25, 0.3) is 0 Å². The van der Waals surface area contributed by atoms with Crippen molar-refractivity contribution in [3.63, 3.8) is 0 Å². The first kappa shape index (κ1) is 19.2. The van der Waals surface area contributed by atoms with Gasteiger partial charge in [0.25, 0.3) is 0 Å². The molecule has 0 aliphatic carbocycles. The normalized spacial score (nSPS) is 14.3. The average Bonchev–Trinajstić information content (AvgIpc) is 3.22. The van der Waals surface area contributed by atoms with E-state index in [1.54, 1.807) is 28.0 Å². The van der Waals surface area contributed by atoms with Gasteiger partial charge >= 0.3 is 0 Å². The number of rotatable bonds is 6. The van der Waals surface area contributed by atoms with Crippen LogP contribution in [0.3, 0.4) is 0 Å². The van der Waals surface area contributed by atoms with Gasteiger partial charge in [0.05, 0.1) is 11.3 Å². The van der Waals surface area contributed by atoms with Gasteiger partial charge in [-0.1, -0.05) is 18.2 Å². The molecule has 2 aromatic rings. The fourth-order valence-electron chi connectivity index (χ4n) is 3.03. The number of carbonyl (C=O) groups excluding carboxylic acids is 3. The summed E-state index contributed by atoms with van der Waals surface area (Å²) in [6.45, 7) is 1.90. The first-order chi connectivity index (χ1) is 13.0. The molecule has 1 saturated heterocycles. The number of ketones is 1. The highest BCUT2D eigenvalue weighted by Gasteiger charge is 2.24. The topological polar surface area (TPSA) is 57.7 Å². The summed E-state index contributed by atoms with van der Waals surface area (Å²) in [5, 5.41) is 1.84. The zero-order valence-electron chi connectivity index (χ0n) is 14.9. The highest BCUT2D eigenvalue weighted by molar-refractivity contribution is 7.12. The molecule has 0 spiro atoms. The van der Waals surface area contributed by atoms with E-state index in [-0.39, 0.29) is 42.7 Å². The number of amides is 2. The molecule has 1 aromatic heterocycles. The van der Waals surface area contributed by atoms with Crippen LogP contribution in [0, 0.1) is 5.82 Å². The molecule has 1 fully saturated rings. The summed E-state index contributed by atoms with van der Waals surface area (Å²) >= 11 is 1.38. The zero-order chi connectivity index (χ0) is 19.2. The fraction of sp³-hybridized carbons (Fsp3) is 0.350. The Labute approximate surface area is 161 Å². The van der Waals surface area contributed by atoms with Crippen molar-refractivity contribution in [2.45, 2.75) is 19.3 Å². The van der Waals surface area contributed by atoms with E-state index in [4.69, 9.17) is 0 Å². The third kappa shape index (κ3) is 5.23. The lowest BCUT2D eigenvalue weighted by molar-refractivity contribution is -0.139. The van der Waals surface area contributed by atoms with Crippen molar-refractivity contribution in [3.8, 4) is 0 Å². The van der Waals surface area contributed by atoms with Crippen LogP contribution < -0.4 is 0 Å². The van der Waals surface area contributed by atoms with Gasteiger partial charge in [-0.25, -0.2) is 4.39 Å². The maximum Gasteiger partial charge on any atom is 0.227 e. The second-order valence-electron chi connectivity index (χ2n) is 6.47. The Hall–Kier alpha value is -2.54. The zero-order valence-corrected chi connectivity index (χ0v) is 15.7. The van der Waals surface area contributed by atoms with Crippen molar-refractivity contribution in [2.24, 2.45) is 0 Å². The molecule has 0 saturated carbocycles. The molecule has 5 nitrogen and oxygen atoms in total. The summed E-state index contributed by atoms with van der Waals surface area (Å²) in [6.07, 6.45) is 0.632. The van der Waals surface area contributed by atoms with Gasteiger partial charge in [-0.05, 0) is 29.1 Å². The predicted molar refractivity (Wildman–Crippen MR) is 101 cm³/mol. The van der Waals surface area contributed by atoms with Crippen LogP contribution >= 0.6 is 11.3 Å². The number of Topliss-reactive ketones (excluding diaryl/α,β-unsaturated/α-hetero) is 1. The summed E-state index contributed by atoms with van der Waals surface area (Å²) in [5.74, 6) is -0.408. The van der Waals surface area contributed by atoms with E-state index < -0.39 is 0 Å². The summed E-state index contributed by atoms with van der Waals surface area (Å²) in [4.78, 5) is 40.8. The van der Waals surface area contributed by atoms with Crippen LogP contribution in [0.2, 0.25) is 0 Å². The van der Waals surface area contributed by atoms with E-state index in [1.165, 1.54) is 23.5 Å². The van der Waals surface area contributed by atoms with Crippen molar-refractivity contribution in [1.82, 2.24) is 9.80 Å². The van der Waals surface area contributed by atoms with Crippen molar-refractivity contribution >= 4 is 28.9 Å². The second kappa shape index (κ2) is 8.90. The van der Waals surface area contributed by atoms with Crippen molar-refractivity contribution in [1.29, 1.82) is 0 Å². The first-order valence-corrected chi connectivity index (χ1v) is 9.77. The van der Waals surface area contributed by atoms with Gasteiger partial charge in [0.15, 0.2) is 5.78 Å². The van der Waals surface area contributed by atoms with E-state index in [1.807, 2.05) is 11.4 Å². The third-order valence-corrected chi connectivity index (χ3v) is 5.53. The minimum absolute atomic E-state index is 0.00791. The Balaban J connectivity index is 1.42. The van der Waals surface area contributed by atoms with E-state index in [2.05, 4.69) is 0 Å². The number of thiophene rings is 1. The van der Waals surface area contributed by atoms with E-state index in [0.717, 1.165) is 5.56 Å². The van der Waals surface area contributed by atoms with Crippen LogP contribution in [0.15, 0.2) is 41.8 Å². The minimum atomic E-state index is -0.323. The Morgan fingerprint density at radius 2 is 1.52 bits per heavy atom. The molecule has 2 heterocycles. The first-order valence-electron chi connectivity index (χ1n) is 8.89. The maximum absolute atomic E-state index is 12.9. The van der Waals surface area contributed by atoms with Crippen LogP contribution in [-0.4, -0.2) is 53.6 Å². The van der Waals surface area contributed by atoms with Crippen LogP contribution in [0.4, 0.5) is 4.39 Å². The Morgan fingerprint density at radius 1 is 0.889 bits per heavy atom. The van der Waals surface area contributed by atoms with Crippen LogP contribution in [0.1, 0.15) is 28.1 Å². The molecular formula is C20H21FN2O3S. The minimum Gasteiger partial charge on any atom is -0.339 e. The third-order valence-electron chi connectivity index (χ3n) is 4.62. The van der Waals surface area contributed by atoms with Gasteiger partial charge in [-0.3, -0.25) is 14.4 Å². The molecule has 1 aromatic carbocycles. The quantitative estimate of drug-likeness (QED) is 0.715. The molecule has 1 aliphatic heterocycles.